The molecule has 0 aliphatic carbocycles. The van der Waals surface area contributed by atoms with Crippen LogP contribution in [0.1, 0.15) is 5.56 Å². The highest BCUT2D eigenvalue weighted by Gasteiger charge is 2.08. The van der Waals surface area contributed by atoms with Crippen molar-refractivity contribution in [3.8, 4) is 11.3 Å². The molecule has 20 heavy (non-hydrogen) atoms. The Kier molecular flexibility index (Phi) is 3.98. The lowest BCUT2D eigenvalue weighted by atomic mass is 10.1. The molecule has 0 amide bonds. The van der Waals surface area contributed by atoms with Gasteiger partial charge in [0, 0.05) is 24.4 Å². The predicted octanol–water partition coefficient (Wildman–Crippen LogP) is 6.50. The summed E-state index contributed by atoms with van der Waals surface area (Å²) in [6.45, 7) is 2.12. The van der Waals surface area contributed by atoms with Crippen LogP contribution in [0.25, 0.3) is 22.2 Å². The molecule has 3 rings (SSSR count). The van der Waals surface area contributed by atoms with Crippen molar-refractivity contribution < 1.29 is 0 Å². The van der Waals surface area contributed by atoms with Crippen LogP contribution in [0.15, 0.2) is 55.9 Å². The van der Waals surface area contributed by atoms with E-state index in [9.17, 15) is 0 Å². The van der Waals surface area contributed by atoms with Gasteiger partial charge in [-0.1, -0.05) is 59.9 Å². The van der Waals surface area contributed by atoms with Gasteiger partial charge < -0.3 is 0 Å². The molecular formula is C16H10Br3N. The molecule has 4 heteroatoms. The van der Waals surface area contributed by atoms with Crippen molar-refractivity contribution in [2.45, 2.75) is 6.92 Å². The molecule has 0 N–H and O–H groups in total. The molecule has 1 heterocycles. The van der Waals surface area contributed by atoms with Gasteiger partial charge in [-0.3, -0.25) is 0 Å². The molecule has 0 saturated heterocycles. The van der Waals surface area contributed by atoms with Gasteiger partial charge in [-0.05, 0) is 42.8 Å². The number of aryl methyl sites for hydroxylation is 1. The van der Waals surface area contributed by atoms with E-state index in [1.807, 2.05) is 18.2 Å². The fourth-order valence-corrected chi connectivity index (χ4v) is 3.81. The predicted molar refractivity (Wildman–Crippen MR) is 95.0 cm³/mol. The van der Waals surface area contributed by atoms with Crippen LogP contribution in [0.4, 0.5) is 0 Å². The fourth-order valence-electron chi connectivity index (χ4n) is 2.21. The molecule has 0 spiro atoms. The van der Waals surface area contributed by atoms with Crippen LogP contribution < -0.4 is 0 Å². The van der Waals surface area contributed by atoms with Gasteiger partial charge in [0.2, 0.25) is 0 Å². The Morgan fingerprint density at radius 2 is 1.55 bits per heavy atom. The van der Waals surface area contributed by atoms with E-state index in [1.54, 1.807) is 0 Å². The molecule has 0 aliphatic rings. The third kappa shape index (κ3) is 2.69. The second kappa shape index (κ2) is 5.58. The molecule has 0 unspecified atom stereocenters. The van der Waals surface area contributed by atoms with Gasteiger partial charge in [0.1, 0.15) is 0 Å². The summed E-state index contributed by atoms with van der Waals surface area (Å²) in [5.74, 6) is 0. The molecule has 0 aliphatic heterocycles. The van der Waals surface area contributed by atoms with Crippen LogP contribution in [0.3, 0.4) is 0 Å². The summed E-state index contributed by atoms with van der Waals surface area (Å²) in [5, 5.41) is 1.19. The summed E-state index contributed by atoms with van der Waals surface area (Å²) in [6.07, 6.45) is 0. The topological polar surface area (TPSA) is 12.9 Å². The van der Waals surface area contributed by atoms with Crippen molar-refractivity contribution in [2.24, 2.45) is 0 Å². The van der Waals surface area contributed by atoms with Gasteiger partial charge in [-0.2, -0.15) is 0 Å². The van der Waals surface area contributed by atoms with Crippen molar-refractivity contribution >= 4 is 58.7 Å². The third-order valence-corrected chi connectivity index (χ3v) is 4.83. The Balaban J connectivity index is 2.26. The number of aromatic nitrogens is 1. The first kappa shape index (κ1) is 14.2. The van der Waals surface area contributed by atoms with Gasteiger partial charge in [-0.25, -0.2) is 4.98 Å². The highest BCUT2D eigenvalue weighted by molar-refractivity contribution is 9.11. The van der Waals surface area contributed by atoms with Crippen LogP contribution >= 0.6 is 47.8 Å². The first-order valence-corrected chi connectivity index (χ1v) is 8.45. The van der Waals surface area contributed by atoms with E-state index in [1.165, 1.54) is 10.9 Å². The first-order chi connectivity index (χ1) is 9.54. The molecule has 0 atom stereocenters. The van der Waals surface area contributed by atoms with Crippen molar-refractivity contribution in [3.63, 3.8) is 0 Å². The van der Waals surface area contributed by atoms with E-state index in [4.69, 9.17) is 4.98 Å². The smallest absolute Gasteiger partial charge is 0.0723 e. The average Bonchev–Trinajstić information content (AvgIpc) is 2.37. The monoisotopic (exact) mass is 453 g/mol. The van der Waals surface area contributed by atoms with Crippen LogP contribution in [0.5, 0.6) is 0 Å². The van der Waals surface area contributed by atoms with Crippen molar-refractivity contribution in [3.05, 3.63) is 61.4 Å². The lowest BCUT2D eigenvalue weighted by molar-refractivity contribution is 1.35. The summed E-state index contributed by atoms with van der Waals surface area (Å²) in [6, 6.07) is 14.5. The largest absolute Gasteiger partial charge is 0.248 e. The van der Waals surface area contributed by atoms with Gasteiger partial charge in [0.05, 0.1) is 11.2 Å². The van der Waals surface area contributed by atoms with Crippen LogP contribution in [-0.4, -0.2) is 4.98 Å². The van der Waals surface area contributed by atoms with Gasteiger partial charge in [0.25, 0.3) is 0 Å². The second-order valence-electron chi connectivity index (χ2n) is 4.61. The maximum Gasteiger partial charge on any atom is 0.0723 e. The van der Waals surface area contributed by atoms with E-state index in [0.29, 0.717) is 0 Å². The average molecular weight is 456 g/mol. The zero-order chi connectivity index (χ0) is 14.3. The van der Waals surface area contributed by atoms with E-state index in [2.05, 4.69) is 79.0 Å². The maximum absolute atomic E-state index is 4.78. The molecule has 0 fully saturated rings. The van der Waals surface area contributed by atoms with E-state index >= 15 is 0 Å². The zero-order valence-electron chi connectivity index (χ0n) is 10.6. The molecule has 0 saturated carbocycles. The highest BCUT2D eigenvalue weighted by Crippen LogP contribution is 2.32. The highest BCUT2D eigenvalue weighted by atomic mass is 79.9. The second-order valence-corrected chi connectivity index (χ2v) is 7.30. The molecule has 1 nitrogen and oxygen atoms in total. The number of hydrogen-bond donors (Lipinski definition) is 0. The number of hydrogen-bond acceptors (Lipinski definition) is 1. The first-order valence-electron chi connectivity index (χ1n) is 6.07. The molecule has 0 bridgehead atoms. The lowest BCUT2D eigenvalue weighted by Crippen LogP contribution is -1.90. The third-order valence-electron chi connectivity index (χ3n) is 3.19. The van der Waals surface area contributed by atoms with Crippen LogP contribution in [0, 0.1) is 6.92 Å². The summed E-state index contributed by atoms with van der Waals surface area (Å²) in [7, 11) is 0. The Morgan fingerprint density at radius 3 is 2.30 bits per heavy atom. The van der Waals surface area contributed by atoms with Crippen molar-refractivity contribution in [1.82, 2.24) is 4.98 Å². The minimum absolute atomic E-state index is 0.979. The van der Waals surface area contributed by atoms with Gasteiger partial charge in [0.15, 0.2) is 0 Å². The molecule has 100 valence electrons. The number of fused-ring (bicyclic) bond motifs is 1. The Bertz CT molecular complexity index is 812. The summed E-state index contributed by atoms with van der Waals surface area (Å²) >= 11 is 10.6. The quantitative estimate of drug-likeness (QED) is 0.408. The zero-order valence-corrected chi connectivity index (χ0v) is 15.4. The SMILES string of the molecule is Cc1cc(-c2ccc(Br)cc2Br)nc2cc(Br)ccc12. The summed E-state index contributed by atoms with van der Waals surface area (Å²) in [5.41, 5.74) is 4.31. The number of rotatable bonds is 1. The molecule has 3 aromatic rings. The van der Waals surface area contributed by atoms with Crippen molar-refractivity contribution in [1.29, 1.82) is 0 Å². The standard InChI is InChI=1S/C16H10Br3N/c1-9-6-15(13-5-3-10(17)7-14(13)19)20-16-8-11(18)2-4-12(9)16/h2-8H,1H3. The number of nitrogens with zero attached hydrogens (tertiary/aromatic N) is 1. The number of pyridine rings is 1. The molecular weight excluding hydrogens is 446 g/mol. The normalized spacial score (nSPS) is 11.0. The van der Waals surface area contributed by atoms with E-state index in [-0.39, 0.29) is 0 Å². The Labute approximate surface area is 142 Å². The minimum atomic E-state index is 0.979. The van der Waals surface area contributed by atoms with E-state index in [0.717, 1.165) is 30.2 Å². The lowest BCUT2D eigenvalue weighted by Gasteiger charge is -2.09. The van der Waals surface area contributed by atoms with Crippen LogP contribution in [0.2, 0.25) is 0 Å². The van der Waals surface area contributed by atoms with E-state index < -0.39 is 0 Å². The maximum atomic E-state index is 4.78. The molecule has 2 aromatic carbocycles. The Hall–Kier alpha value is -0.710. The Morgan fingerprint density at radius 1 is 0.850 bits per heavy atom. The fraction of sp³-hybridized carbons (Fsp3) is 0.0625. The summed E-state index contributed by atoms with van der Waals surface area (Å²) < 4.78 is 3.13. The number of benzene rings is 2. The minimum Gasteiger partial charge on any atom is -0.248 e. The van der Waals surface area contributed by atoms with Gasteiger partial charge in [-0.15, -0.1) is 0 Å². The van der Waals surface area contributed by atoms with Gasteiger partial charge >= 0.3 is 0 Å². The molecule has 0 radical (unpaired) electrons. The van der Waals surface area contributed by atoms with Crippen molar-refractivity contribution in [2.75, 3.05) is 0 Å². The van der Waals surface area contributed by atoms with Crippen LogP contribution in [-0.2, 0) is 0 Å². The number of halogens is 3. The summed E-state index contributed by atoms with van der Waals surface area (Å²) in [4.78, 5) is 4.78. The molecule has 1 aromatic heterocycles.